The molecule has 0 spiro atoms. The summed E-state index contributed by atoms with van der Waals surface area (Å²) in [6.45, 7) is 2.16. The quantitative estimate of drug-likeness (QED) is 0.847. The Hall–Kier alpha value is -0.890. The van der Waals surface area contributed by atoms with Crippen molar-refractivity contribution in [2.45, 2.75) is 57.9 Å². The summed E-state index contributed by atoms with van der Waals surface area (Å²) in [6.07, 6.45) is 10.7. The molecule has 1 fully saturated rings. The second-order valence-electron chi connectivity index (χ2n) is 5.36. The van der Waals surface area contributed by atoms with E-state index < -0.39 is 0 Å². The number of hydrogen-bond donors (Lipinski definition) is 1. The normalized spacial score (nSPS) is 18.5. The van der Waals surface area contributed by atoms with Gasteiger partial charge in [-0.15, -0.1) is 0 Å². The predicted octanol–water partition coefficient (Wildman–Crippen LogP) is 3.09. The molecule has 0 bridgehead atoms. The van der Waals surface area contributed by atoms with Gasteiger partial charge in [0.1, 0.15) is 0 Å². The zero-order valence-electron chi connectivity index (χ0n) is 10.9. The molecule has 0 amide bonds. The van der Waals surface area contributed by atoms with Crippen molar-refractivity contribution in [2.75, 3.05) is 0 Å². The molecular weight excluding hydrogens is 208 g/mol. The molecule has 2 heteroatoms. The largest absolute Gasteiger partial charge is 0.327 e. The summed E-state index contributed by atoms with van der Waals surface area (Å²) in [6, 6.07) is 4.59. The Balaban J connectivity index is 1.81. The maximum absolute atomic E-state index is 6.22. The van der Waals surface area contributed by atoms with Crippen molar-refractivity contribution >= 4 is 0 Å². The van der Waals surface area contributed by atoms with E-state index in [2.05, 4.69) is 24.0 Å². The van der Waals surface area contributed by atoms with Crippen LogP contribution in [-0.2, 0) is 12.8 Å². The number of aromatic nitrogens is 1. The minimum atomic E-state index is 0.290. The lowest BCUT2D eigenvalue weighted by Gasteiger charge is -2.15. The van der Waals surface area contributed by atoms with Crippen molar-refractivity contribution in [3.63, 3.8) is 0 Å². The van der Waals surface area contributed by atoms with Crippen LogP contribution in [0, 0.1) is 5.92 Å². The van der Waals surface area contributed by atoms with E-state index in [0.29, 0.717) is 0 Å². The van der Waals surface area contributed by atoms with Crippen LogP contribution in [0.1, 0.15) is 50.3 Å². The first-order valence-electron chi connectivity index (χ1n) is 6.97. The fourth-order valence-electron chi connectivity index (χ4n) is 2.81. The highest BCUT2D eigenvalue weighted by molar-refractivity contribution is 5.14. The Morgan fingerprint density at radius 1 is 1.35 bits per heavy atom. The van der Waals surface area contributed by atoms with Gasteiger partial charge in [-0.1, -0.05) is 38.7 Å². The summed E-state index contributed by atoms with van der Waals surface area (Å²) in [5, 5.41) is 0. The molecule has 2 N–H and O–H groups in total. The van der Waals surface area contributed by atoms with Gasteiger partial charge >= 0.3 is 0 Å². The van der Waals surface area contributed by atoms with Gasteiger partial charge in [-0.25, -0.2) is 0 Å². The second-order valence-corrected chi connectivity index (χ2v) is 5.36. The fraction of sp³-hybridized carbons (Fsp3) is 0.667. The van der Waals surface area contributed by atoms with E-state index in [1.165, 1.54) is 37.7 Å². The van der Waals surface area contributed by atoms with E-state index in [4.69, 9.17) is 5.73 Å². The van der Waals surface area contributed by atoms with Gasteiger partial charge in [0.05, 0.1) is 0 Å². The first-order chi connectivity index (χ1) is 8.28. The van der Waals surface area contributed by atoms with Crippen LogP contribution in [-0.4, -0.2) is 11.0 Å². The van der Waals surface area contributed by atoms with Gasteiger partial charge in [-0.05, 0) is 30.4 Å². The molecule has 0 aliphatic heterocycles. The van der Waals surface area contributed by atoms with Crippen LogP contribution in [0.4, 0.5) is 0 Å². The van der Waals surface area contributed by atoms with Crippen LogP contribution in [0.5, 0.6) is 0 Å². The molecule has 1 aliphatic carbocycles. The van der Waals surface area contributed by atoms with E-state index in [1.54, 1.807) is 0 Å². The molecule has 1 saturated carbocycles. The average Bonchev–Trinajstić information content (AvgIpc) is 2.82. The number of aryl methyl sites for hydroxylation is 1. The van der Waals surface area contributed by atoms with Crippen LogP contribution in [0.25, 0.3) is 0 Å². The molecule has 1 unspecified atom stereocenters. The standard InChI is InChI=1S/C15H24N2/c1-2-12-7-8-15(17-11-12)10-14(16)9-13-5-3-4-6-13/h7-8,11,13-14H,2-6,9-10,16H2,1H3. The van der Waals surface area contributed by atoms with E-state index >= 15 is 0 Å². The predicted molar refractivity (Wildman–Crippen MR) is 71.9 cm³/mol. The number of rotatable bonds is 5. The molecule has 0 aromatic carbocycles. The highest BCUT2D eigenvalue weighted by Crippen LogP contribution is 2.28. The third-order valence-electron chi connectivity index (χ3n) is 3.88. The zero-order chi connectivity index (χ0) is 12.1. The summed E-state index contributed by atoms with van der Waals surface area (Å²) in [5.74, 6) is 0.875. The molecule has 1 aromatic rings. The summed E-state index contributed by atoms with van der Waals surface area (Å²) < 4.78 is 0. The third kappa shape index (κ3) is 3.81. The zero-order valence-corrected chi connectivity index (χ0v) is 10.9. The van der Waals surface area contributed by atoms with Gasteiger partial charge in [0.15, 0.2) is 0 Å². The van der Waals surface area contributed by atoms with Gasteiger partial charge < -0.3 is 5.73 Å². The van der Waals surface area contributed by atoms with Crippen molar-refractivity contribution in [3.05, 3.63) is 29.6 Å². The molecule has 17 heavy (non-hydrogen) atoms. The molecular formula is C15H24N2. The van der Waals surface area contributed by atoms with Gasteiger partial charge in [-0.2, -0.15) is 0 Å². The summed E-state index contributed by atoms with van der Waals surface area (Å²) in [4.78, 5) is 4.48. The molecule has 94 valence electrons. The SMILES string of the molecule is CCc1ccc(CC(N)CC2CCCC2)nc1. The molecule has 2 rings (SSSR count). The van der Waals surface area contributed by atoms with Gasteiger partial charge in [0.2, 0.25) is 0 Å². The van der Waals surface area contributed by atoms with Crippen LogP contribution in [0.3, 0.4) is 0 Å². The van der Waals surface area contributed by atoms with Crippen molar-refractivity contribution in [3.8, 4) is 0 Å². The lowest BCUT2D eigenvalue weighted by molar-refractivity contribution is 0.439. The van der Waals surface area contributed by atoms with Crippen molar-refractivity contribution in [1.82, 2.24) is 4.98 Å². The highest BCUT2D eigenvalue weighted by atomic mass is 14.7. The number of pyridine rings is 1. The monoisotopic (exact) mass is 232 g/mol. The molecule has 0 radical (unpaired) electrons. The number of hydrogen-bond acceptors (Lipinski definition) is 2. The molecule has 2 nitrogen and oxygen atoms in total. The van der Waals surface area contributed by atoms with Gasteiger partial charge in [0, 0.05) is 24.4 Å². The molecule has 0 saturated heterocycles. The molecule has 1 heterocycles. The summed E-state index contributed by atoms with van der Waals surface area (Å²) >= 11 is 0. The topological polar surface area (TPSA) is 38.9 Å². The van der Waals surface area contributed by atoms with Crippen molar-refractivity contribution < 1.29 is 0 Å². The van der Waals surface area contributed by atoms with E-state index in [0.717, 1.165) is 24.5 Å². The number of nitrogens with two attached hydrogens (primary N) is 1. The van der Waals surface area contributed by atoms with Gasteiger partial charge in [0.25, 0.3) is 0 Å². The van der Waals surface area contributed by atoms with Crippen molar-refractivity contribution in [1.29, 1.82) is 0 Å². The first-order valence-corrected chi connectivity index (χ1v) is 6.97. The molecule has 1 aromatic heterocycles. The minimum Gasteiger partial charge on any atom is -0.327 e. The minimum absolute atomic E-state index is 0.290. The van der Waals surface area contributed by atoms with E-state index in [-0.39, 0.29) is 6.04 Å². The second kappa shape index (κ2) is 6.15. The molecule has 1 aliphatic rings. The Kier molecular flexibility index (Phi) is 4.55. The molecule has 1 atom stereocenters. The van der Waals surface area contributed by atoms with Crippen LogP contribution in [0.2, 0.25) is 0 Å². The summed E-state index contributed by atoms with van der Waals surface area (Å²) in [5.41, 5.74) is 8.67. The maximum atomic E-state index is 6.22. The lowest BCUT2D eigenvalue weighted by atomic mass is 9.96. The third-order valence-corrected chi connectivity index (χ3v) is 3.88. The smallest absolute Gasteiger partial charge is 0.0419 e. The summed E-state index contributed by atoms with van der Waals surface area (Å²) in [7, 11) is 0. The number of nitrogens with zero attached hydrogens (tertiary/aromatic N) is 1. The fourth-order valence-corrected chi connectivity index (χ4v) is 2.81. The van der Waals surface area contributed by atoms with E-state index in [1.807, 2.05) is 6.20 Å². The Morgan fingerprint density at radius 2 is 2.12 bits per heavy atom. The van der Waals surface area contributed by atoms with Crippen LogP contribution >= 0.6 is 0 Å². The Bertz CT molecular complexity index is 325. The average molecular weight is 232 g/mol. The van der Waals surface area contributed by atoms with Crippen LogP contribution in [0.15, 0.2) is 18.3 Å². The highest BCUT2D eigenvalue weighted by Gasteiger charge is 2.18. The van der Waals surface area contributed by atoms with Crippen LogP contribution < -0.4 is 5.73 Å². The Labute approximate surface area is 105 Å². The lowest BCUT2D eigenvalue weighted by Crippen LogP contribution is -2.25. The van der Waals surface area contributed by atoms with E-state index in [9.17, 15) is 0 Å². The maximum Gasteiger partial charge on any atom is 0.0419 e. The van der Waals surface area contributed by atoms with Crippen molar-refractivity contribution in [2.24, 2.45) is 11.7 Å². The van der Waals surface area contributed by atoms with Gasteiger partial charge in [-0.3, -0.25) is 4.98 Å². The Morgan fingerprint density at radius 3 is 2.71 bits per heavy atom. The first kappa shape index (κ1) is 12.6.